The molecule has 2 aliphatic heterocycles. The van der Waals surface area contributed by atoms with E-state index < -0.39 is 40.9 Å². The van der Waals surface area contributed by atoms with Crippen LogP contribution in [0.1, 0.15) is 0 Å². The SMILES string of the molecule is CO[C@@]1(NC(=O)CSCC(N)C(=O)O)C(=O)N2C(C(=O)[O-])=C(CSc3nnnn3C)CS[C@@H]21. The van der Waals surface area contributed by atoms with Crippen molar-refractivity contribution in [1.82, 2.24) is 30.4 Å². The fourth-order valence-corrected chi connectivity index (χ4v) is 6.33. The quantitative estimate of drug-likeness (QED) is 0.150. The maximum absolute atomic E-state index is 13.0. The number of carboxylic acids is 2. The van der Waals surface area contributed by atoms with Crippen LogP contribution in [-0.2, 0) is 31.0 Å². The number of carbonyl (C=O) groups is 4. The van der Waals surface area contributed by atoms with Crippen molar-refractivity contribution in [3.05, 3.63) is 11.3 Å². The van der Waals surface area contributed by atoms with Gasteiger partial charge in [0, 0.05) is 31.4 Å². The zero-order valence-electron chi connectivity index (χ0n) is 17.4. The summed E-state index contributed by atoms with van der Waals surface area (Å²) in [5, 5.41) is 33.9. The number of hydrogen-bond acceptors (Lipinski definition) is 13. The molecule has 0 spiro atoms. The molecule has 180 valence electrons. The molecule has 14 nitrogen and oxygen atoms in total. The van der Waals surface area contributed by atoms with E-state index in [2.05, 4.69) is 20.8 Å². The van der Waals surface area contributed by atoms with Gasteiger partial charge < -0.3 is 30.8 Å². The number of carboxylic acid groups (broad SMARTS) is 2. The highest BCUT2D eigenvalue weighted by Gasteiger charge is 2.65. The summed E-state index contributed by atoms with van der Waals surface area (Å²) in [6.07, 6.45) is 0. The van der Waals surface area contributed by atoms with Gasteiger partial charge in [0.25, 0.3) is 11.6 Å². The van der Waals surface area contributed by atoms with Gasteiger partial charge in [-0.05, 0) is 16.0 Å². The highest BCUT2D eigenvalue weighted by molar-refractivity contribution is 8.01. The topological polar surface area (TPSA) is 206 Å². The molecule has 0 saturated carbocycles. The lowest BCUT2D eigenvalue weighted by Gasteiger charge is -2.56. The van der Waals surface area contributed by atoms with Crippen LogP contribution in [0.15, 0.2) is 16.4 Å². The first kappa shape index (κ1) is 25.3. The van der Waals surface area contributed by atoms with E-state index in [0.717, 1.165) is 16.7 Å². The third kappa shape index (κ3) is 4.96. The molecule has 4 N–H and O–H groups in total. The minimum Gasteiger partial charge on any atom is -0.543 e. The maximum Gasteiger partial charge on any atom is 0.321 e. The smallest absolute Gasteiger partial charge is 0.321 e. The summed E-state index contributed by atoms with van der Waals surface area (Å²) >= 11 is 3.43. The number of amides is 2. The number of nitrogens with zero attached hydrogens (tertiary/aromatic N) is 5. The van der Waals surface area contributed by atoms with Crippen LogP contribution >= 0.6 is 35.3 Å². The lowest BCUT2D eigenvalue weighted by Crippen LogP contribution is -2.81. The van der Waals surface area contributed by atoms with Crippen LogP contribution in [0.4, 0.5) is 0 Å². The minimum absolute atomic E-state index is 0.000617. The van der Waals surface area contributed by atoms with Gasteiger partial charge in [0.05, 0.1) is 17.4 Å². The van der Waals surface area contributed by atoms with Crippen molar-refractivity contribution in [1.29, 1.82) is 0 Å². The summed E-state index contributed by atoms with van der Waals surface area (Å²) < 4.78 is 6.78. The van der Waals surface area contributed by atoms with E-state index in [1.165, 1.54) is 35.3 Å². The summed E-state index contributed by atoms with van der Waals surface area (Å²) in [6.45, 7) is 0. The largest absolute Gasteiger partial charge is 0.543 e. The van der Waals surface area contributed by atoms with Gasteiger partial charge in [0.15, 0.2) is 0 Å². The predicted octanol–water partition coefficient (Wildman–Crippen LogP) is -3.17. The Hall–Kier alpha value is -2.34. The van der Waals surface area contributed by atoms with Crippen molar-refractivity contribution in [2.24, 2.45) is 12.8 Å². The van der Waals surface area contributed by atoms with E-state index in [1.807, 2.05) is 0 Å². The van der Waals surface area contributed by atoms with Gasteiger partial charge in [-0.1, -0.05) is 11.8 Å². The lowest BCUT2D eigenvalue weighted by molar-refractivity contribution is -0.302. The van der Waals surface area contributed by atoms with Gasteiger partial charge in [-0.3, -0.25) is 19.3 Å². The Bertz CT molecular complexity index is 1000. The zero-order valence-corrected chi connectivity index (χ0v) is 19.9. The van der Waals surface area contributed by atoms with Gasteiger partial charge in [-0.15, -0.1) is 28.6 Å². The number of nitrogens with one attached hydrogen (secondary N) is 1. The second kappa shape index (κ2) is 10.3. The number of aromatic nitrogens is 4. The number of β-lactam (4-membered cyclic amide) rings is 1. The van der Waals surface area contributed by atoms with E-state index in [9.17, 15) is 24.3 Å². The van der Waals surface area contributed by atoms with Crippen molar-refractivity contribution >= 4 is 59.0 Å². The van der Waals surface area contributed by atoms with Crippen molar-refractivity contribution in [2.75, 3.05) is 30.1 Å². The number of aryl methyl sites for hydroxylation is 1. The molecule has 0 aromatic carbocycles. The molecule has 33 heavy (non-hydrogen) atoms. The Labute approximate surface area is 200 Å². The summed E-state index contributed by atoms with van der Waals surface area (Å²) in [5.74, 6) is -3.73. The lowest BCUT2D eigenvalue weighted by atomic mass is 9.98. The number of aliphatic carboxylic acids is 2. The van der Waals surface area contributed by atoms with E-state index in [-0.39, 0.29) is 28.7 Å². The molecule has 0 radical (unpaired) electrons. The monoisotopic (exact) mass is 518 g/mol. The van der Waals surface area contributed by atoms with Gasteiger partial charge >= 0.3 is 5.97 Å². The van der Waals surface area contributed by atoms with Crippen molar-refractivity contribution in [3.63, 3.8) is 0 Å². The number of hydrogen-bond donors (Lipinski definition) is 3. The van der Waals surface area contributed by atoms with Crippen LogP contribution in [0.2, 0.25) is 0 Å². The summed E-state index contributed by atoms with van der Waals surface area (Å²) in [7, 11) is 2.88. The highest BCUT2D eigenvalue weighted by atomic mass is 32.2. The van der Waals surface area contributed by atoms with Gasteiger partial charge in [-0.25, -0.2) is 4.68 Å². The Morgan fingerprint density at radius 1 is 1.48 bits per heavy atom. The molecule has 1 fully saturated rings. The Kier molecular flexibility index (Phi) is 7.88. The molecule has 0 aliphatic carbocycles. The molecule has 1 aromatic rings. The molecular weight excluding hydrogens is 498 g/mol. The van der Waals surface area contributed by atoms with E-state index in [0.29, 0.717) is 10.7 Å². The van der Waals surface area contributed by atoms with Crippen LogP contribution in [0.5, 0.6) is 0 Å². The molecule has 3 heterocycles. The van der Waals surface area contributed by atoms with E-state index in [4.69, 9.17) is 15.6 Å². The molecule has 1 saturated heterocycles. The Morgan fingerprint density at radius 3 is 2.79 bits per heavy atom. The standard InChI is InChI=1S/C16H21N7O7S3/c1-22-15(19-20-21-22)33-4-7-3-32-14-16(30-2,13(29)23(14)10(7)12(27)28)18-9(24)6-31-5-8(17)11(25)26/h8,14H,3-6,17H2,1-2H3,(H,18,24)(H,25,26)(H,27,28)/p-1/t8?,14-,16+/m1/s1. The van der Waals surface area contributed by atoms with E-state index in [1.54, 1.807) is 7.05 Å². The molecule has 17 heteroatoms. The first-order chi connectivity index (χ1) is 15.6. The number of fused-ring (bicyclic) bond motifs is 1. The molecule has 3 atom stereocenters. The van der Waals surface area contributed by atoms with Crippen molar-refractivity contribution in [3.8, 4) is 0 Å². The van der Waals surface area contributed by atoms with Crippen LogP contribution < -0.4 is 16.2 Å². The average molecular weight is 519 g/mol. The number of nitrogens with two attached hydrogens (primary N) is 1. The molecule has 2 amide bonds. The highest BCUT2D eigenvalue weighted by Crippen LogP contribution is 2.47. The fourth-order valence-electron chi connectivity index (χ4n) is 3.13. The molecule has 2 aliphatic rings. The van der Waals surface area contributed by atoms with E-state index >= 15 is 0 Å². The number of rotatable bonds is 11. The third-order valence-corrected chi connectivity index (χ3v) is 8.29. The van der Waals surface area contributed by atoms with Gasteiger partial charge in [0.1, 0.15) is 11.4 Å². The zero-order chi connectivity index (χ0) is 24.3. The summed E-state index contributed by atoms with van der Waals surface area (Å²) in [6, 6.07) is -1.13. The predicted molar refractivity (Wildman–Crippen MR) is 115 cm³/mol. The minimum atomic E-state index is -1.75. The third-order valence-electron chi connectivity index (χ3n) is 4.75. The van der Waals surface area contributed by atoms with Crippen molar-refractivity contribution in [2.45, 2.75) is 22.3 Å². The fraction of sp³-hybridized carbons (Fsp3) is 0.562. The molecule has 1 unspecified atom stereocenters. The molecule has 1 aromatic heterocycles. The number of tetrazole rings is 1. The molecule has 0 bridgehead atoms. The summed E-state index contributed by atoms with van der Waals surface area (Å²) in [5.41, 5.74) is 3.84. The second-order valence-electron chi connectivity index (χ2n) is 6.90. The number of thioether (sulfide) groups is 3. The van der Waals surface area contributed by atoms with Crippen LogP contribution in [0.25, 0.3) is 0 Å². The number of ether oxygens (including phenoxy) is 1. The van der Waals surface area contributed by atoms with Crippen LogP contribution in [0.3, 0.4) is 0 Å². The van der Waals surface area contributed by atoms with Crippen LogP contribution in [-0.4, -0.2) is 101 Å². The Morgan fingerprint density at radius 2 is 2.21 bits per heavy atom. The first-order valence-electron chi connectivity index (χ1n) is 9.28. The molecule has 3 rings (SSSR count). The normalized spacial score (nSPS) is 23.1. The summed E-state index contributed by atoms with van der Waals surface area (Å²) in [4.78, 5) is 49.1. The van der Waals surface area contributed by atoms with Gasteiger partial charge in [0.2, 0.25) is 11.1 Å². The van der Waals surface area contributed by atoms with Gasteiger partial charge in [-0.2, -0.15) is 0 Å². The average Bonchev–Trinajstić information content (AvgIpc) is 3.19. The van der Waals surface area contributed by atoms with Crippen molar-refractivity contribution < 1.29 is 34.1 Å². The van der Waals surface area contributed by atoms with Crippen LogP contribution in [0, 0.1) is 0 Å². The number of carbonyl (C=O) groups excluding carboxylic acids is 3. The first-order valence-corrected chi connectivity index (χ1v) is 12.5. The maximum atomic E-state index is 13.0. The number of methoxy groups -OCH3 is 1. The Balaban J connectivity index is 1.70. The second-order valence-corrected chi connectivity index (χ2v) is 9.94. The molecular formula is C16H20N7O7S3-.